The Hall–Kier alpha value is -3.25. The molecule has 4 saturated heterocycles. The molecule has 4 aliphatic rings. The molecule has 0 aromatic heterocycles. The maximum Gasteiger partial charge on any atom is 0.338 e. The van der Waals surface area contributed by atoms with Crippen LogP contribution in [0.1, 0.15) is 160 Å². The molecule has 0 aliphatic carbocycles. The lowest BCUT2D eigenvalue weighted by molar-refractivity contribution is -0.299. The fraction of sp³-hybridized carbons (Fsp3) is 0.868. The number of cyclic esters (lactones) is 2. The van der Waals surface area contributed by atoms with E-state index in [2.05, 4.69) is 0 Å². The standard InChI is InChI=1S/C38H64N2O11.C30H58N2O9/c1-13-29-38(8,46)32(42)25(6)40(11)20-21(2)19-37(7,45)33(23(4)30(41)24(5)34(43)49-29)51-36-31(28(39(9)10)18-22(3)48-36)50-35(44)26-14-16-27(47-12)17-15-26;1-12-22-30(8,38)25(35)20(6)32(11)15-16(2)14-29(7,37)26(18(4)23(33)19(5)27(36)40-22)41-28-24(34)21(31(9)10)13-17(3)39-28/h14-17,21-25,28-33,36,41-42,45-46H,13,18-20H2,1-12H3;16-26,28,33-35,37-38H,12-15H2,1-11H3/t21-,22-,23+,24-,25-,28+,29-,30+,31-,32-,33-,36+,37-,38-;16-,17-,18+,19-,20-,21+,22-,23+,24-,25-,26-,28+,29-,30-/m11/s1. The molecule has 1 aromatic carbocycles. The van der Waals surface area contributed by atoms with Gasteiger partial charge < -0.3 is 103 Å². The Bertz CT molecular complexity index is 2440. The Morgan fingerprint density at radius 2 is 0.957 bits per heavy atom. The van der Waals surface area contributed by atoms with Crippen LogP contribution in [-0.2, 0) is 42.7 Å². The Labute approximate surface area is 549 Å². The molecular weight excluding hydrogens is 1190 g/mol. The zero-order valence-corrected chi connectivity index (χ0v) is 59.6. The van der Waals surface area contributed by atoms with Crippen molar-refractivity contribution in [3.63, 3.8) is 0 Å². The van der Waals surface area contributed by atoms with E-state index in [1.165, 1.54) is 34.8 Å². The molecule has 0 bridgehead atoms. The summed E-state index contributed by atoms with van der Waals surface area (Å²) in [5, 5.41) is 104. The van der Waals surface area contributed by atoms with Crippen molar-refractivity contribution in [2.45, 2.75) is 282 Å². The first-order chi connectivity index (χ1) is 42.4. The number of methoxy groups -OCH3 is 1. The number of carbonyl (C=O) groups excluding carboxylic acids is 3. The van der Waals surface area contributed by atoms with Gasteiger partial charge in [0.25, 0.3) is 0 Å². The van der Waals surface area contributed by atoms with Crippen molar-refractivity contribution in [1.82, 2.24) is 19.6 Å². The lowest BCUT2D eigenvalue weighted by Gasteiger charge is -2.47. The average molecular weight is 1320 g/mol. The molecule has 0 unspecified atom stereocenters. The molecule has 0 amide bonds. The molecule has 1 aromatic rings. The number of likely N-dealkylation sites (N-methyl/N-ethyl adjacent to an activating group) is 4. The zero-order chi connectivity index (χ0) is 70.2. The second-order valence-electron chi connectivity index (χ2n) is 29.3. The number of ether oxygens (including phenoxy) is 8. The van der Waals surface area contributed by atoms with Crippen molar-refractivity contribution in [2.24, 2.45) is 35.5 Å². The van der Waals surface area contributed by atoms with Gasteiger partial charge in [-0.1, -0.05) is 41.5 Å². The van der Waals surface area contributed by atoms with Crippen LogP contribution in [-0.4, -0.2) is 278 Å². The van der Waals surface area contributed by atoms with Crippen molar-refractivity contribution in [1.29, 1.82) is 0 Å². The second kappa shape index (κ2) is 33.8. The largest absolute Gasteiger partial charge is 0.497 e. The van der Waals surface area contributed by atoms with Crippen LogP contribution >= 0.6 is 0 Å². The molecule has 0 radical (unpaired) electrons. The number of aliphatic hydroxyl groups excluding tert-OH is 5. The third kappa shape index (κ3) is 20.0. The Morgan fingerprint density at radius 3 is 1.33 bits per heavy atom. The van der Waals surface area contributed by atoms with Gasteiger partial charge in [-0.2, -0.15) is 0 Å². The van der Waals surface area contributed by atoms with Crippen molar-refractivity contribution >= 4 is 17.9 Å². The molecule has 24 nitrogen and oxygen atoms in total. The highest BCUT2D eigenvalue weighted by molar-refractivity contribution is 5.89. The minimum Gasteiger partial charge on any atom is -0.497 e. The first kappa shape index (κ1) is 81.2. The number of hydrogen-bond acceptors (Lipinski definition) is 24. The van der Waals surface area contributed by atoms with Crippen molar-refractivity contribution in [3.8, 4) is 5.75 Å². The minimum atomic E-state index is -1.79. The van der Waals surface area contributed by atoms with E-state index in [0.717, 1.165) is 0 Å². The van der Waals surface area contributed by atoms with Gasteiger partial charge >= 0.3 is 17.9 Å². The molecule has 4 fully saturated rings. The van der Waals surface area contributed by atoms with Crippen LogP contribution in [0.15, 0.2) is 24.3 Å². The highest BCUT2D eigenvalue weighted by Gasteiger charge is 2.53. The van der Waals surface area contributed by atoms with E-state index in [4.69, 9.17) is 37.9 Å². The van der Waals surface area contributed by atoms with Crippen LogP contribution in [0.4, 0.5) is 0 Å². The molecule has 534 valence electrons. The summed E-state index contributed by atoms with van der Waals surface area (Å²) in [6.07, 6.45) is -12.0. The Morgan fingerprint density at radius 1 is 0.587 bits per heavy atom. The van der Waals surface area contributed by atoms with Crippen LogP contribution in [0.2, 0.25) is 0 Å². The number of aliphatic hydroxyl groups is 9. The molecule has 5 rings (SSSR count). The summed E-state index contributed by atoms with van der Waals surface area (Å²) in [4.78, 5) is 48.0. The fourth-order valence-corrected chi connectivity index (χ4v) is 14.5. The second-order valence-corrected chi connectivity index (χ2v) is 29.3. The van der Waals surface area contributed by atoms with Crippen LogP contribution in [0, 0.1) is 35.5 Å². The summed E-state index contributed by atoms with van der Waals surface area (Å²) in [6.45, 7) is 28.3. The van der Waals surface area contributed by atoms with E-state index in [9.17, 15) is 60.3 Å². The monoisotopic (exact) mass is 1310 g/mol. The third-order valence-corrected chi connectivity index (χ3v) is 20.5. The minimum absolute atomic E-state index is 0.0990. The van der Waals surface area contributed by atoms with Gasteiger partial charge in [0.15, 0.2) is 18.7 Å². The van der Waals surface area contributed by atoms with Crippen molar-refractivity contribution in [3.05, 3.63) is 29.8 Å². The smallest absolute Gasteiger partial charge is 0.338 e. The Balaban J connectivity index is 0.000000402. The molecule has 0 saturated carbocycles. The summed E-state index contributed by atoms with van der Waals surface area (Å²) < 4.78 is 48.3. The molecule has 0 spiro atoms. The predicted molar refractivity (Wildman–Crippen MR) is 346 cm³/mol. The number of carbonyl (C=O) groups is 3. The molecular formula is C68H122N4O20. The first-order valence-electron chi connectivity index (χ1n) is 33.3. The van der Waals surface area contributed by atoms with Gasteiger partial charge in [0.1, 0.15) is 47.5 Å². The van der Waals surface area contributed by atoms with E-state index >= 15 is 0 Å². The van der Waals surface area contributed by atoms with Gasteiger partial charge in [0, 0.05) is 43.1 Å². The number of rotatable bonds is 11. The molecule has 28 atom stereocenters. The van der Waals surface area contributed by atoms with E-state index in [1.807, 2.05) is 89.6 Å². The quantitative estimate of drug-likeness (QED) is 0.112. The zero-order valence-electron chi connectivity index (χ0n) is 59.6. The predicted octanol–water partition coefficient (Wildman–Crippen LogP) is 3.82. The number of esters is 3. The van der Waals surface area contributed by atoms with Gasteiger partial charge in [-0.05, 0) is 186 Å². The van der Waals surface area contributed by atoms with Crippen LogP contribution in [0.5, 0.6) is 5.75 Å². The number of benzene rings is 1. The summed E-state index contributed by atoms with van der Waals surface area (Å²) >= 11 is 0. The van der Waals surface area contributed by atoms with Gasteiger partial charge in [-0.25, -0.2) is 4.79 Å². The third-order valence-electron chi connectivity index (χ3n) is 20.5. The van der Waals surface area contributed by atoms with Gasteiger partial charge in [-0.3, -0.25) is 9.59 Å². The van der Waals surface area contributed by atoms with E-state index in [1.54, 1.807) is 79.7 Å². The topological polar surface area (TPSA) is 320 Å². The first-order valence-corrected chi connectivity index (χ1v) is 33.3. The van der Waals surface area contributed by atoms with Crippen LogP contribution in [0.3, 0.4) is 0 Å². The van der Waals surface area contributed by atoms with E-state index in [0.29, 0.717) is 37.2 Å². The maximum absolute atomic E-state index is 13.6. The molecule has 4 aliphatic heterocycles. The summed E-state index contributed by atoms with van der Waals surface area (Å²) in [7, 11) is 12.7. The molecule has 9 N–H and O–H groups in total. The molecule has 4 heterocycles. The van der Waals surface area contributed by atoms with Gasteiger partial charge in [0.2, 0.25) is 0 Å². The van der Waals surface area contributed by atoms with E-state index < -0.39 is 150 Å². The number of nitrogens with zero attached hydrogens (tertiary/aromatic N) is 4. The van der Waals surface area contributed by atoms with Crippen molar-refractivity contribution < 1.29 is 98.2 Å². The maximum atomic E-state index is 13.6. The molecule has 92 heavy (non-hydrogen) atoms. The summed E-state index contributed by atoms with van der Waals surface area (Å²) in [5.74, 6) is -5.54. The van der Waals surface area contributed by atoms with Gasteiger partial charge in [0.05, 0.1) is 78.4 Å². The van der Waals surface area contributed by atoms with Crippen LogP contribution in [0.25, 0.3) is 0 Å². The highest BCUT2D eigenvalue weighted by atomic mass is 16.7. The number of hydrogen-bond donors (Lipinski definition) is 9. The lowest BCUT2D eigenvalue weighted by atomic mass is 9.78. The van der Waals surface area contributed by atoms with Gasteiger partial charge in [-0.15, -0.1) is 0 Å². The van der Waals surface area contributed by atoms with Crippen molar-refractivity contribution in [2.75, 3.05) is 62.5 Å². The van der Waals surface area contributed by atoms with Crippen LogP contribution < -0.4 is 4.74 Å². The Kier molecular flexibility index (Phi) is 29.8. The highest BCUT2D eigenvalue weighted by Crippen LogP contribution is 2.40. The molecule has 24 heteroatoms. The SMILES string of the molecule is CC[C@H]1OC(=O)[C@H](C)[C@@H](O)[C@H](C)[C@@H](O[C@@H]2O[C@H](C)C[C@H](N(C)C)[C@H]2O)[C@](C)(O)C[C@@H](C)CN(C)[C@H](C)[C@@H](O)[C@]1(C)O.CC[C@H]1OC(=O)[C@H](C)[C@@H](O)[C@H](C)[C@@H](O[C@@H]2O[C@H](C)C[C@H](N(C)C)[C@H]2OC(=O)c2ccc(OC)cc2)[C@](C)(O)C[C@@H](C)CN(C)[C@H](C)[C@@H](O)[C@]1(C)O. The normalized spacial score (nSPS) is 44.2. The fourth-order valence-electron chi connectivity index (χ4n) is 14.5. The summed E-state index contributed by atoms with van der Waals surface area (Å²) in [5.41, 5.74) is -6.31. The average Bonchev–Trinajstić information content (AvgIpc) is 1.07. The summed E-state index contributed by atoms with van der Waals surface area (Å²) in [6, 6.07) is 4.96. The van der Waals surface area contributed by atoms with E-state index in [-0.39, 0.29) is 61.8 Å². The lowest BCUT2D eigenvalue weighted by Crippen LogP contribution is -2.60.